The van der Waals surface area contributed by atoms with E-state index in [2.05, 4.69) is 10.6 Å². The average Bonchev–Trinajstić information content (AvgIpc) is 2.81. The summed E-state index contributed by atoms with van der Waals surface area (Å²) in [7, 11) is 0. The summed E-state index contributed by atoms with van der Waals surface area (Å²) in [4.78, 5) is 15.6. The minimum absolute atomic E-state index is 0.185. The second-order valence-electron chi connectivity index (χ2n) is 8.36. The van der Waals surface area contributed by atoms with Gasteiger partial charge in [-0.1, -0.05) is 29.8 Å². The molecule has 0 aliphatic carbocycles. The number of carbonyl (C=O) groups is 1. The molecule has 3 atom stereocenters. The van der Waals surface area contributed by atoms with Gasteiger partial charge >= 0.3 is 0 Å². The summed E-state index contributed by atoms with van der Waals surface area (Å²) in [5.41, 5.74) is 1.27. The Balaban J connectivity index is 1.57. The molecule has 174 valence electrons. The molecule has 2 aliphatic heterocycles. The summed E-state index contributed by atoms with van der Waals surface area (Å²) < 4.78 is 12.2. The monoisotopic (exact) mass is 493 g/mol. The molecule has 2 heterocycles. The van der Waals surface area contributed by atoms with Crippen LogP contribution < -0.4 is 25.0 Å². The number of hydrogen-bond acceptors (Lipinski definition) is 4. The highest BCUT2D eigenvalue weighted by molar-refractivity contribution is 7.80. The van der Waals surface area contributed by atoms with E-state index < -0.39 is 11.6 Å². The predicted octanol–water partition coefficient (Wildman–Crippen LogP) is 5.54. The minimum atomic E-state index is -1.08. The summed E-state index contributed by atoms with van der Waals surface area (Å²) in [6.45, 7) is 4.43. The maximum atomic E-state index is 13.7. The van der Waals surface area contributed by atoms with Gasteiger partial charge in [0.2, 0.25) is 5.91 Å². The zero-order valence-corrected chi connectivity index (χ0v) is 20.3. The molecule has 1 saturated heterocycles. The number of ether oxygens (including phenoxy) is 2. The lowest BCUT2D eigenvalue weighted by molar-refractivity contribution is -0.130. The number of rotatable bonds is 5. The summed E-state index contributed by atoms with van der Waals surface area (Å²) in [6, 6.07) is 22.0. The summed E-state index contributed by atoms with van der Waals surface area (Å²) in [5, 5.41) is 7.53. The number of fused-ring (bicyclic) bond motifs is 4. The normalized spacial score (nSPS) is 22.8. The Morgan fingerprint density at radius 3 is 2.56 bits per heavy atom. The number of nitrogens with one attached hydrogen (secondary N) is 2. The van der Waals surface area contributed by atoms with Crippen LogP contribution in [0.5, 0.6) is 11.5 Å². The first kappa shape index (κ1) is 22.5. The van der Waals surface area contributed by atoms with E-state index in [4.69, 9.17) is 33.3 Å². The average molecular weight is 494 g/mol. The van der Waals surface area contributed by atoms with Gasteiger partial charge in [0.1, 0.15) is 17.4 Å². The molecule has 3 aromatic carbocycles. The number of thiocarbonyl (C=S) groups is 1. The highest BCUT2D eigenvalue weighted by Crippen LogP contribution is 2.49. The van der Waals surface area contributed by atoms with Crippen molar-refractivity contribution in [2.24, 2.45) is 5.92 Å². The molecule has 1 fully saturated rings. The first-order valence-corrected chi connectivity index (χ1v) is 11.9. The minimum Gasteiger partial charge on any atom is -0.494 e. The number of benzene rings is 3. The Hall–Kier alpha value is -3.29. The fraction of sp³-hybridized carbons (Fsp3) is 0.231. The van der Waals surface area contributed by atoms with Crippen LogP contribution in [0.3, 0.4) is 0 Å². The second-order valence-corrected chi connectivity index (χ2v) is 9.18. The van der Waals surface area contributed by atoms with Crippen LogP contribution in [0.4, 0.5) is 11.4 Å². The molecule has 5 rings (SSSR count). The van der Waals surface area contributed by atoms with Crippen LogP contribution in [0.1, 0.15) is 25.5 Å². The van der Waals surface area contributed by atoms with Crippen molar-refractivity contribution in [2.75, 3.05) is 16.8 Å². The van der Waals surface area contributed by atoms with E-state index in [0.717, 1.165) is 22.7 Å². The van der Waals surface area contributed by atoms with E-state index in [-0.39, 0.29) is 11.9 Å². The maximum Gasteiger partial charge on any atom is 0.236 e. The van der Waals surface area contributed by atoms with Crippen molar-refractivity contribution in [2.45, 2.75) is 25.6 Å². The Bertz CT molecular complexity index is 1230. The van der Waals surface area contributed by atoms with Crippen molar-refractivity contribution in [1.82, 2.24) is 5.32 Å². The van der Waals surface area contributed by atoms with E-state index in [9.17, 15) is 4.79 Å². The van der Waals surface area contributed by atoms with Crippen molar-refractivity contribution >= 4 is 46.2 Å². The molecule has 2 bridgehead atoms. The van der Waals surface area contributed by atoms with Gasteiger partial charge in [-0.05, 0) is 80.7 Å². The smallest absolute Gasteiger partial charge is 0.236 e. The van der Waals surface area contributed by atoms with Crippen molar-refractivity contribution in [3.63, 3.8) is 0 Å². The quantitative estimate of drug-likeness (QED) is 0.455. The van der Waals surface area contributed by atoms with E-state index >= 15 is 0 Å². The molecular weight excluding hydrogens is 470 g/mol. The zero-order chi connectivity index (χ0) is 23.9. The van der Waals surface area contributed by atoms with Gasteiger partial charge in [0, 0.05) is 22.0 Å². The SMILES string of the molecule is CCOc1ccc(N2C(=S)N[C@@H]3c4ccccc4O[C@]2(C)[C@@H]3C(=O)Nc2ccc(Cl)cc2)cc1. The first-order valence-electron chi connectivity index (χ1n) is 11.1. The second kappa shape index (κ2) is 8.81. The Kier molecular flexibility index (Phi) is 5.83. The van der Waals surface area contributed by atoms with Gasteiger partial charge in [0.15, 0.2) is 10.8 Å². The largest absolute Gasteiger partial charge is 0.494 e. The third-order valence-corrected chi connectivity index (χ3v) is 6.76. The standard InChI is InChI=1S/C26H24ClN3O3S/c1-3-32-19-14-12-18(13-15-19)30-25(34)29-23-20-6-4-5-7-21(20)33-26(30,2)22(23)24(31)28-17-10-8-16(27)9-11-17/h4-15,22-23H,3H2,1-2H3,(H,28,31)(H,29,34)/t22-,23+,26+/m0/s1. The molecule has 0 saturated carbocycles. The van der Waals surface area contributed by atoms with Crippen LogP contribution in [0, 0.1) is 5.92 Å². The van der Waals surface area contributed by atoms with Gasteiger partial charge in [-0.3, -0.25) is 9.69 Å². The number of carbonyl (C=O) groups excluding carboxylic acids is 1. The van der Waals surface area contributed by atoms with Crippen LogP contribution in [0.2, 0.25) is 5.02 Å². The van der Waals surface area contributed by atoms with Gasteiger partial charge in [0.25, 0.3) is 0 Å². The molecule has 2 aliphatic rings. The van der Waals surface area contributed by atoms with Crippen LogP contribution in [0.25, 0.3) is 0 Å². The van der Waals surface area contributed by atoms with E-state index in [0.29, 0.717) is 22.4 Å². The molecule has 0 spiro atoms. The molecule has 2 N–H and O–H groups in total. The Labute approximate surface area is 208 Å². The lowest BCUT2D eigenvalue weighted by atomic mass is 9.78. The van der Waals surface area contributed by atoms with Gasteiger partial charge in [-0.15, -0.1) is 0 Å². The van der Waals surface area contributed by atoms with Crippen molar-refractivity contribution < 1.29 is 14.3 Å². The lowest BCUT2D eigenvalue weighted by Crippen LogP contribution is -2.72. The number of hydrogen-bond donors (Lipinski definition) is 2. The zero-order valence-electron chi connectivity index (χ0n) is 18.7. The van der Waals surface area contributed by atoms with Crippen LogP contribution in [0.15, 0.2) is 72.8 Å². The highest BCUT2D eigenvalue weighted by atomic mass is 35.5. The summed E-state index contributed by atoms with van der Waals surface area (Å²) >= 11 is 11.8. The topological polar surface area (TPSA) is 62.8 Å². The van der Waals surface area contributed by atoms with E-state index in [1.54, 1.807) is 24.3 Å². The molecule has 0 radical (unpaired) electrons. The molecule has 3 aromatic rings. The number of para-hydroxylation sites is 1. The first-order chi connectivity index (χ1) is 16.4. The van der Waals surface area contributed by atoms with E-state index in [1.165, 1.54) is 0 Å². The van der Waals surface area contributed by atoms with Gasteiger partial charge in [0.05, 0.1) is 12.6 Å². The maximum absolute atomic E-state index is 13.7. The predicted molar refractivity (Wildman–Crippen MR) is 138 cm³/mol. The van der Waals surface area contributed by atoms with Gasteiger partial charge < -0.3 is 20.1 Å². The molecule has 34 heavy (non-hydrogen) atoms. The fourth-order valence-corrected chi connectivity index (χ4v) is 5.27. The molecule has 6 nitrogen and oxygen atoms in total. The number of anilines is 2. The number of nitrogens with zero attached hydrogens (tertiary/aromatic N) is 1. The summed E-state index contributed by atoms with van der Waals surface area (Å²) in [5.74, 6) is 0.681. The van der Waals surface area contributed by atoms with Crippen LogP contribution in [-0.4, -0.2) is 23.4 Å². The van der Waals surface area contributed by atoms with Crippen LogP contribution in [-0.2, 0) is 4.79 Å². The summed E-state index contributed by atoms with van der Waals surface area (Å²) in [6.07, 6.45) is 0. The van der Waals surface area contributed by atoms with Crippen molar-refractivity contribution in [1.29, 1.82) is 0 Å². The third kappa shape index (κ3) is 3.85. The van der Waals surface area contributed by atoms with Crippen molar-refractivity contribution in [3.8, 4) is 11.5 Å². The van der Waals surface area contributed by atoms with Crippen molar-refractivity contribution in [3.05, 3.63) is 83.4 Å². The Morgan fingerprint density at radius 2 is 1.85 bits per heavy atom. The molecule has 8 heteroatoms. The molecule has 0 unspecified atom stereocenters. The Morgan fingerprint density at radius 1 is 1.15 bits per heavy atom. The van der Waals surface area contributed by atoms with Gasteiger partial charge in [-0.2, -0.15) is 0 Å². The molecular formula is C26H24ClN3O3S. The van der Waals surface area contributed by atoms with Crippen LogP contribution >= 0.6 is 23.8 Å². The van der Waals surface area contributed by atoms with E-state index in [1.807, 2.05) is 67.3 Å². The fourth-order valence-electron chi connectivity index (χ4n) is 4.73. The van der Waals surface area contributed by atoms with Gasteiger partial charge in [-0.25, -0.2) is 0 Å². The third-order valence-electron chi connectivity index (χ3n) is 6.21. The lowest BCUT2D eigenvalue weighted by Gasteiger charge is -2.56. The number of amides is 1. The molecule has 1 amide bonds. The number of halogens is 1. The molecule has 0 aromatic heterocycles. The highest BCUT2D eigenvalue weighted by Gasteiger charge is 2.59.